The molecule has 1 unspecified atom stereocenters. The molecule has 0 spiro atoms. The highest BCUT2D eigenvalue weighted by atomic mass is 16.2. The molecule has 0 aromatic carbocycles. The van der Waals surface area contributed by atoms with Crippen LogP contribution in [0.5, 0.6) is 0 Å². The highest BCUT2D eigenvalue weighted by Crippen LogP contribution is 2.57. The molecular formula is C11H20N2O. The number of carbonyl (C=O) groups is 1. The van der Waals surface area contributed by atoms with Crippen molar-refractivity contribution in [3.63, 3.8) is 0 Å². The zero-order valence-electron chi connectivity index (χ0n) is 9.26. The van der Waals surface area contributed by atoms with Crippen LogP contribution in [0.1, 0.15) is 33.1 Å². The van der Waals surface area contributed by atoms with Gasteiger partial charge in [-0.3, -0.25) is 0 Å². The van der Waals surface area contributed by atoms with Gasteiger partial charge >= 0.3 is 6.03 Å². The molecule has 3 saturated carbocycles. The van der Waals surface area contributed by atoms with Crippen LogP contribution < -0.4 is 10.6 Å². The predicted octanol–water partition coefficient (Wildman–Crippen LogP) is 1.74. The molecule has 2 N–H and O–H groups in total. The lowest BCUT2D eigenvalue weighted by molar-refractivity contribution is 0.172. The van der Waals surface area contributed by atoms with E-state index in [1.54, 1.807) is 7.05 Å². The largest absolute Gasteiger partial charge is 0.341 e. The highest BCUT2D eigenvalue weighted by molar-refractivity contribution is 5.74. The number of urea groups is 1. The molecule has 14 heavy (non-hydrogen) atoms. The summed E-state index contributed by atoms with van der Waals surface area (Å²) in [4.78, 5) is 11.3. The van der Waals surface area contributed by atoms with Crippen LogP contribution in [0.15, 0.2) is 0 Å². The van der Waals surface area contributed by atoms with Crippen molar-refractivity contribution >= 4 is 6.03 Å². The van der Waals surface area contributed by atoms with Crippen molar-refractivity contribution in [3.8, 4) is 0 Å². The number of carbonyl (C=O) groups excluding carboxylic acids is 1. The van der Waals surface area contributed by atoms with E-state index in [1.807, 2.05) is 0 Å². The molecule has 3 nitrogen and oxygen atoms in total. The molecule has 0 aromatic heterocycles. The number of hydrogen-bond donors (Lipinski definition) is 2. The Morgan fingerprint density at radius 2 is 2.00 bits per heavy atom. The van der Waals surface area contributed by atoms with Gasteiger partial charge in [-0.25, -0.2) is 4.79 Å². The Morgan fingerprint density at radius 1 is 1.36 bits per heavy atom. The molecular weight excluding hydrogens is 176 g/mol. The lowest BCUT2D eigenvalue weighted by Crippen LogP contribution is -2.54. The first kappa shape index (κ1) is 9.81. The number of amides is 2. The second-order valence-electron chi connectivity index (χ2n) is 5.26. The van der Waals surface area contributed by atoms with Crippen LogP contribution in [-0.4, -0.2) is 18.6 Å². The minimum atomic E-state index is -0.0205. The van der Waals surface area contributed by atoms with E-state index in [2.05, 4.69) is 24.5 Å². The van der Waals surface area contributed by atoms with Crippen molar-refractivity contribution < 1.29 is 4.79 Å². The number of rotatable bonds is 2. The van der Waals surface area contributed by atoms with Gasteiger partial charge in [-0.05, 0) is 37.0 Å². The zero-order valence-corrected chi connectivity index (χ0v) is 9.26. The van der Waals surface area contributed by atoms with Crippen LogP contribution in [0.2, 0.25) is 0 Å². The molecule has 1 atom stereocenters. The fourth-order valence-corrected chi connectivity index (χ4v) is 3.27. The zero-order chi connectivity index (χ0) is 10.3. The average Bonchev–Trinajstić information content (AvgIpc) is 2.58. The maximum Gasteiger partial charge on any atom is 0.314 e. The maximum absolute atomic E-state index is 11.3. The van der Waals surface area contributed by atoms with Crippen molar-refractivity contribution in [1.82, 2.24) is 10.6 Å². The molecule has 0 saturated heterocycles. The summed E-state index contributed by atoms with van der Waals surface area (Å²) in [6.07, 6.45) is 3.58. The third-order valence-corrected chi connectivity index (χ3v) is 4.00. The summed E-state index contributed by atoms with van der Waals surface area (Å²) >= 11 is 0. The molecule has 0 radical (unpaired) electrons. The van der Waals surface area contributed by atoms with Crippen molar-refractivity contribution in [2.75, 3.05) is 7.05 Å². The fourth-order valence-electron chi connectivity index (χ4n) is 3.27. The molecule has 3 aliphatic carbocycles. The lowest BCUT2D eigenvalue weighted by Gasteiger charge is -2.39. The summed E-state index contributed by atoms with van der Waals surface area (Å²) in [7, 11) is 1.68. The number of fused-ring (bicyclic) bond motifs is 1. The smallest absolute Gasteiger partial charge is 0.314 e. The van der Waals surface area contributed by atoms with Gasteiger partial charge in [0.25, 0.3) is 0 Å². The summed E-state index contributed by atoms with van der Waals surface area (Å²) in [5.41, 5.74) is 0.152. The minimum Gasteiger partial charge on any atom is -0.341 e. The van der Waals surface area contributed by atoms with Gasteiger partial charge in [-0.2, -0.15) is 0 Å². The maximum atomic E-state index is 11.3. The van der Waals surface area contributed by atoms with E-state index in [0.717, 1.165) is 17.8 Å². The first-order valence-electron chi connectivity index (χ1n) is 5.56. The van der Waals surface area contributed by atoms with E-state index < -0.39 is 0 Å². The summed E-state index contributed by atoms with van der Waals surface area (Å²) < 4.78 is 0. The normalized spacial score (nSPS) is 39.4. The van der Waals surface area contributed by atoms with Gasteiger partial charge in [0.05, 0.1) is 0 Å². The van der Waals surface area contributed by atoms with E-state index in [4.69, 9.17) is 0 Å². The van der Waals surface area contributed by atoms with Crippen LogP contribution in [-0.2, 0) is 0 Å². The van der Waals surface area contributed by atoms with E-state index >= 15 is 0 Å². The summed E-state index contributed by atoms with van der Waals surface area (Å²) in [5.74, 6) is 2.45. The molecule has 3 rings (SSSR count). The van der Waals surface area contributed by atoms with Crippen molar-refractivity contribution in [3.05, 3.63) is 0 Å². The number of nitrogens with one attached hydrogen (secondary N) is 2. The Labute approximate surface area is 85.6 Å². The fraction of sp³-hybridized carbons (Fsp3) is 0.909. The van der Waals surface area contributed by atoms with Gasteiger partial charge in [0, 0.05) is 12.6 Å². The molecule has 80 valence electrons. The van der Waals surface area contributed by atoms with E-state index in [9.17, 15) is 4.79 Å². The Morgan fingerprint density at radius 3 is 2.43 bits per heavy atom. The Balaban J connectivity index is 1.94. The number of hydrogen-bond acceptors (Lipinski definition) is 1. The minimum absolute atomic E-state index is 0.0205. The lowest BCUT2D eigenvalue weighted by atomic mass is 9.75. The second-order valence-corrected chi connectivity index (χ2v) is 5.26. The van der Waals surface area contributed by atoms with E-state index in [0.29, 0.717) is 0 Å². The molecule has 3 fully saturated rings. The topological polar surface area (TPSA) is 41.1 Å². The van der Waals surface area contributed by atoms with Crippen molar-refractivity contribution in [1.29, 1.82) is 0 Å². The third kappa shape index (κ3) is 1.39. The highest BCUT2D eigenvalue weighted by Gasteiger charge is 2.57. The monoisotopic (exact) mass is 196 g/mol. The standard InChI is InChI=1S/C11H20N2O/c1-7(2)9-6-11(4-8(9)5-11)13-10(14)12-3/h7-9H,4-6H2,1-3H3,(H2,12,13,14). The van der Waals surface area contributed by atoms with Gasteiger partial charge < -0.3 is 10.6 Å². The van der Waals surface area contributed by atoms with Crippen molar-refractivity contribution in [2.45, 2.75) is 38.6 Å². The van der Waals surface area contributed by atoms with Gasteiger partial charge in [0.2, 0.25) is 0 Å². The second kappa shape index (κ2) is 3.14. The Kier molecular flexibility index (Phi) is 2.20. The SMILES string of the molecule is CNC(=O)NC12CC(C1)C(C(C)C)C2. The first-order chi connectivity index (χ1) is 6.56. The van der Waals surface area contributed by atoms with Crippen LogP contribution in [0.25, 0.3) is 0 Å². The summed E-state index contributed by atoms with van der Waals surface area (Å²) in [5, 5.41) is 5.74. The van der Waals surface area contributed by atoms with Crippen LogP contribution in [0.3, 0.4) is 0 Å². The molecule has 0 aromatic rings. The molecule has 2 amide bonds. The van der Waals surface area contributed by atoms with E-state index in [1.165, 1.54) is 19.3 Å². The Bertz CT molecular complexity index is 244. The predicted molar refractivity (Wildman–Crippen MR) is 56.0 cm³/mol. The van der Waals surface area contributed by atoms with E-state index in [-0.39, 0.29) is 11.6 Å². The summed E-state index contributed by atoms with van der Waals surface area (Å²) in [6, 6.07) is -0.0205. The quantitative estimate of drug-likeness (QED) is 0.694. The third-order valence-electron chi connectivity index (χ3n) is 4.00. The van der Waals surface area contributed by atoms with Gasteiger partial charge in [-0.1, -0.05) is 13.8 Å². The van der Waals surface area contributed by atoms with Gasteiger partial charge in [-0.15, -0.1) is 0 Å². The first-order valence-corrected chi connectivity index (χ1v) is 5.56. The molecule has 3 heteroatoms. The van der Waals surface area contributed by atoms with Crippen LogP contribution >= 0.6 is 0 Å². The molecule has 2 bridgehead atoms. The van der Waals surface area contributed by atoms with Crippen molar-refractivity contribution in [2.24, 2.45) is 17.8 Å². The van der Waals surface area contributed by atoms with Crippen LogP contribution in [0, 0.1) is 17.8 Å². The molecule has 0 heterocycles. The van der Waals surface area contributed by atoms with Gasteiger partial charge in [0.15, 0.2) is 0 Å². The molecule has 3 aliphatic rings. The Hall–Kier alpha value is -0.730. The summed E-state index contributed by atoms with van der Waals surface area (Å²) in [6.45, 7) is 4.58. The van der Waals surface area contributed by atoms with Gasteiger partial charge in [0.1, 0.15) is 0 Å². The van der Waals surface area contributed by atoms with Crippen LogP contribution in [0.4, 0.5) is 4.79 Å². The average molecular weight is 196 g/mol. The molecule has 0 aliphatic heterocycles.